The van der Waals surface area contributed by atoms with Crippen molar-refractivity contribution in [1.29, 1.82) is 0 Å². The number of allylic oxidation sites excluding steroid dienone is 1. The van der Waals surface area contributed by atoms with E-state index in [1.54, 1.807) is 0 Å². The minimum absolute atomic E-state index is 0.160. The fraction of sp³-hybridized carbons (Fsp3) is 0.667. The molecule has 48 valence electrons. The van der Waals surface area contributed by atoms with Gasteiger partial charge in [-0.15, -0.1) is 6.58 Å². The normalized spacial score (nSPS) is 13.2. The van der Waals surface area contributed by atoms with E-state index in [0.717, 1.165) is 12.8 Å². The number of rotatable bonds is 4. The van der Waals surface area contributed by atoms with Crippen LogP contribution < -0.4 is 11.5 Å². The Morgan fingerprint density at radius 3 is 2.62 bits per heavy atom. The van der Waals surface area contributed by atoms with Crippen LogP contribution in [0, 0.1) is 0 Å². The van der Waals surface area contributed by atoms with Crippen LogP contribution >= 0.6 is 0 Å². The summed E-state index contributed by atoms with van der Waals surface area (Å²) in [7, 11) is 0. The monoisotopic (exact) mass is 114 g/mol. The lowest BCUT2D eigenvalue weighted by Gasteiger charge is -2.03. The van der Waals surface area contributed by atoms with E-state index in [4.69, 9.17) is 11.5 Å². The van der Waals surface area contributed by atoms with Crippen molar-refractivity contribution >= 4 is 0 Å². The van der Waals surface area contributed by atoms with Gasteiger partial charge in [-0.3, -0.25) is 0 Å². The second-order valence-electron chi connectivity index (χ2n) is 1.86. The second kappa shape index (κ2) is 4.81. The van der Waals surface area contributed by atoms with Gasteiger partial charge in [0.2, 0.25) is 0 Å². The van der Waals surface area contributed by atoms with E-state index in [1.165, 1.54) is 0 Å². The minimum atomic E-state index is 0.160. The predicted octanol–water partition coefficient (Wildman–Crippen LogP) is 0.239. The third-order valence-electron chi connectivity index (χ3n) is 1.04. The largest absolute Gasteiger partial charge is 0.329 e. The summed E-state index contributed by atoms with van der Waals surface area (Å²) in [4.78, 5) is 0. The van der Waals surface area contributed by atoms with Gasteiger partial charge in [0.25, 0.3) is 0 Å². The fourth-order valence-corrected chi connectivity index (χ4v) is 0.450. The standard InChI is InChI=1S/C6H14N2/c1-2-3-4-6(8)5-7/h2,6H,1,3-5,7-8H2/t6-/m0/s1. The van der Waals surface area contributed by atoms with Gasteiger partial charge in [0, 0.05) is 12.6 Å². The molecular weight excluding hydrogens is 100 g/mol. The molecule has 0 radical (unpaired) electrons. The number of hydrogen-bond donors (Lipinski definition) is 2. The van der Waals surface area contributed by atoms with Crippen LogP contribution in [0.2, 0.25) is 0 Å². The molecule has 0 bridgehead atoms. The molecule has 0 spiro atoms. The quantitative estimate of drug-likeness (QED) is 0.514. The van der Waals surface area contributed by atoms with Crippen molar-refractivity contribution in [3.8, 4) is 0 Å². The van der Waals surface area contributed by atoms with E-state index in [-0.39, 0.29) is 6.04 Å². The Bertz CT molecular complexity index is 61.5. The Labute approximate surface area is 50.6 Å². The molecule has 0 aliphatic heterocycles. The molecule has 0 rings (SSSR count). The van der Waals surface area contributed by atoms with Crippen molar-refractivity contribution in [2.45, 2.75) is 18.9 Å². The van der Waals surface area contributed by atoms with Gasteiger partial charge in [0.1, 0.15) is 0 Å². The Hall–Kier alpha value is -0.340. The zero-order chi connectivity index (χ0) is 6.41. The van der Waals surface area contributed by atoms with E-state index >= 15 is 0 Å². The van der Waals surface area contributed by atoms with E-state index in [9.17, 15) is 0 Å². The topological polar surface area (TPSA) is 52.0 Å². The van der Waals surface area contributed by atoms with Crippen molar-refractivity contribution in [1.82, 2.24) is 0 Å². The van der Waals surface area contributed by atoms with Gasteiger partial charge in [-0.05, 0) is 12.8 Å². The Morgan fingerprint density at radius 1 is 1.62 bits per heavy atom. The van der Waals surface area contributed by atoms with Crippen LogP contribution in [0.5, 0.6) is 0 Å². The zero-order valence-electron chi connectivity index (χ0n) is 5.14. The highest BCUT2D eigenvalue weighted by atomic mass is 14.7. The van der Waals surface area contributed by atoms with E-state index in [0.29, 0.717) is 6.54 Å². The van der Waals surface area contributed by atoms with Crippen LogP contribution in [0.3, 0.4) is 0 Å². The lowest BCUT2D eigenvalue weighted by Crippen LogP contribution is -2.29. The number of hydrogen-bond acceptors (Lipinski definition) is 2. The Morgan fingerprint density at radius 2 is 2.25 bits per heavy atom. The maximum Gasteiger partial charge on any atom is 0.0165 e. The van der Waals surface area contributed by atoms with Crippen LogP contribution in [0.4, 0.5) is 0 Å². The van der Waals surface area contributed by atoms with E-state index in [2.05, 4.69) is 6.58 Å². The van der Waals surface area contributed by atoms with Gasteiger partial charge in [-0.2, -0.15) is 0 Å². The first-order valence-electron chi connectivity index (χ1n) is 2.87. The fourth-order valence-electron chi connectivity index (χ4n) is 0.450. The van der Waals surface area contributed by atoms with E-state index in [1.807, 2.05) is 6.08 Å². The smallest absolute Gasteiger partial charge is 0.0165 e. The first kappa shape index (κ1) is 7.66. The molecule has 0 saturated heterocycles. The molecule has 2 heteroatoms. The van der Waals surface area contributed by atoms with Gasteiger partial charge in [0.05, 0.1) is 0 Å². The van der Waals surface area contributed by atoms with Gasteiger partial charge in [0.15, 0.2) is 0 Å². The maximum atomic E-state index is 5.49. The summed E-state index contributed by atoms with van der Waals surface area (Å²) in [6.07, 6.45) is 3.79. The predicted molar refractivity (Wildman–Crippen MR) is 36.5 cm³/mol. The third-order valence-corrected chi connectivity index (χ3v) is 1.04. The summed E-state index contributed by atoms with van der Waals surface area (Å²) < 4.78 is 0. The molecule has 8 heavy (non-hydrogen) atoms. The average Bonchev–Trinajstić information content (AvgIpc) is 1.83. The maximum absolute atomic E-state index is 5.49. The molecule has 0 aromatic heterocycles. The molecule has 1 atom stereocenters. The average molecular weight is 114 g/mol. The highest BCUT2D eigenvalue weighted by molar-refractivity contribution is 4.71. The first-order chi connectivity index (χ1) is 3.81. The minimum Gasteiger partial charge on any atom is -0.329 e. The summed E-state index contributed by atoms with van der Waals surface area (Å²) in [6.45, 7) is 4.15. The molecule has 0 heterocycles. The zero-order valence-corrected chi connectivity index (χ0v) is 5.14. The second-order valence-corrected chi connectivity index (χ2v) is 1.86. The lowest BCUT2D eigenvalue weighted by molar-refractivity contribution is 0.630. The van der Waals surface area contributed by atoms with Crippen LogP contribution in [0.1, 0.15) is 12.8 Å². The van der Waals surface area contributed by atoms with Crippen molar-refractivity contribution < 1.29 is 0 Å². The van der Waals surface area contributed by atoms with Gasteiger partial charge >= 0.3 is 0 Å². The third kappa shape index (κ3) is 3.84. The summed E-state index contributed by atoms with van der Waals surface area (Å²) in [5.41, 5.74) is 10.7. The highest BCUT2D eigenvalue weighted by Gasteiger charge is 1.94. The first-order valence-corrected chi connectivity index (χ1v) is 2.87. The van der Waals surface area contributed by atoms with Crippen LogP contribution in [0.15, 0.2) is 12.7 Å². The number of nitrogens with two attached hydrogens (primary N) is 2. The molecule has 0 aliphatic rings. The summed E-state index contributed by atoms with van der Waals surface area (Å²) >= 11 is 0. The van der Waals surface area contributed by atoms with Gasteiger partial charge in [-0.1, -0.05) is 6.08 Å². The summed E-state index contributed by atoms with van der Waals surface area (Å²) in [5.74, 6) is 0. The Balaban J connectivity index is 2.97. The summed E-state index contributed by atoms with van der Waals surface area (Å²) in [5, 5.41) is 0. The summed E-state index contributed by atoms with van der Waals surface area (Å²) in [6, 6.07) is 0.160. The van der Waals surface area contributed by atoms with Crippen molar-refractivity contribution in [3.63, 3.8) is 0 Å². The van der Waals surface area contributed by atoms with Crippen molar-refractivity contribution in [2.75, 3.05) is 6.54 Å². The Kier molecular flexibility index (Phi) is 4.61. The lowest BCUT2D eigenvalue weighted by atomic mass is 10.2. The van der Waals surface area contributed by atoms with E-state index < -0.39 is 0 Å². The molecule has 0 amide bonds. The van der Waals surface area contributed by atoms with Crippen LogP contribution in [-0.2, 0) is 0 Å². The van der Waals surface area contributed by atoms with Crippen molar-refractivity contribution in [2.24, 2.45) is 11.5 Å². The molecule has 0 fully saturated rings. The molecular formula is C6H14N2. The van der Waals surface area contributed by atoms with Crippen LogP contribution in [-0.4, -0.2) is 12.6 Å². The highest BCUT2D eigenvalue weighted by Crippen LogP contribution is 1.91. The molecule has 4 N–H and O–H groups in total. The SMILES string of the molecule is C=CCC[C@H](N)CN. The van der Waals surface area contributed by atoms with Gasteiger partial charge in [-0.25, -0.2) is 0 Å². The molecule has 2 nitrogen and oxygen atoms in total. The molecule has 0 unspecified atom stereocenters. The van der Waals surface area contributed by atoms with Gasteiger partial charge < -0.3 is 11.5 Å². The molecule has 0 aromatic rings. The molecule has 0 saturated carbocycles. The van der Waals surface area contributed by atoms with Crippen molar-refractivity contribution in [3.05, 3.63) is 12.7 Å². The van der Waals surface area contributed by atoms with Crippen LogP contribution in [0.25, 0.3) is 0 Å². The molecule has 0 aliphatic carbocycles. The molecule has 0 aromatic carbocycles.